The molecule has 0 atom stereocenters. The van der Waals surface area contributed by atoms with Gasteiger partial charge in [0.15, 0.2) is 10.8 Å². The first-order valence-corrected chi connectivity index (χ1v) is 9.48. The van der Waals surface area contributed by atoms with Crippen molar-refractivity contribution in [1.82, 2.24) is 19.7 Å². The molecule has 0 spiro atoms. The molecule has 0 aliphatic rings. The minimum Gasteiger partial charge on any atom is -0.296 e. The van der Waals surface area contributed by atoms with Crippen LogP contribution in [0.15, 0.2) is 41.9 Å². The van der Waals surface area contributed by atoms with Crippen LogP contribution in [0.2, 0.25) is 0 Å². The van der Waals surface area contributed by atoms with E-state index < -0.39 is 0 Å². The third kappa shape index (κ3) is 3.18. The van der Waals surface area contributed by atoms with Crippen molar-refractivity contribution in [3.05, 3.63) is 47.6 Å². The van der Waals surface area contributed by atoms with Crippen LogP contribution in [0.1, 0.15) is 30.4 Å². The number of nitrogens with one attached hydrogen (secondary N) is 1. The lowest BCUT2D eigenvalue weighted by Gasteiger charge is -2.03. The molecule has 1 N–H and O–H groups in total. The van der Waals surface area contributed by atoms with E-state index in [-0.39, 0.29) is 11.9 Å². The topological polar surface area (TPSA) is 72.7 Å². The van der Waals surface area contributed by atoms with Crippen LogP contribution in [0.5, 0.6) is 0 Å². The Morgan fingerprint density at radius 3 is 2.80 bits per heavy atom. The highest BCUT2D eigenvalue weighted by Gasteiger charge is 2.15. The summed E-state index contributed by atoms with van der Waals surface area (Å²) in [5.74, 6) is -0.260. The fraction of sp³-hybridized carbons (Fsp3) is 0.176. The fourth-order valence-electron chi connectivity index (χ4n) is 2.32. The Bertz CT molecular complexity index is 1010. The van der Waals surface area contributed by atoms with Gasteiger partial charge in [-0.3, -0.25) is 14.8 Å². The molecular formula is C17H15N5OS2. The molecule has 0 aliphatic heterocycles. The van der Waals surface area contributed by atoms with Gasteiger partial charge in [0.05, 0.1) is 10.2 Å². The Hall–Kier alpha value is -2.58. The number of amides is 1. The van der Waals surface area contributed by atoms with Crippen LogP contribution in [-0.4, -0.2) is 25.7 Å². The quantitative estimate of drug-likeness (QED) is 0.577. The maximum absolute atomic E-state index is 12.3. The standard InChI is InChI=1S/C17H15N5OS2/c1-10(2)22-8-7-12(21-22)15(23)20-17-19-13(9-24-17)16-18-11-5-3-4-6-14(11)25-16/h3-10H,1-2H3,(H,19,20,23). The number of benzene rings is 1. The highest BCUT2D eigenvalue weighted by Crippen LogP contribution is 2.31. The van der Waals surface area contributed by atoms with Crippen molar-refractivity contribution in [3.63, 3.8) is 0 Å². The molecule has 25 heavy (non-hydrogen) atoms. The minimum absolute atomic E-state index is 0.215. The normalized spacial score (nSPS) is 11.3. The molecule has 3 aromatic heterocycles. The fourth-order valence-corrected chi connectivity index (χ4v) is 4.01. The number of nitrogens with zero attached hydrogens (tertiary/aromatic N) is 4. The summed E-state index contributed by atoms with van der Waals surface area (Å²) in [6, 6.07) is 9.90. The number of para-hydroxylation sites is 1. The second kappa shape index (κ2) is 6.38. The molecule has 1 aromatic carbocycles. The molecule has 0 unspecified atom stereocenters. The summed E-state index contributed by atoms with van der Waals surface area (Å²) in [4.78, 5) is 21.4. The van der Waals surface area contributed by atoms with Gasteiger partial charge in [0.1, 0.15) is 10.7 Å². The average molecular weight is 369 g/mol. The molecule has 0 fully saturated rings. The number of hydrogen-bond acceptors (Lipinski definition) is 6. The van der Waals surface area contributed by atoms with Crippen molar-refractivity contribution < 1.29 is 4.79 Å². The molecule has 0 bridgehead atoms. The summed E-state index contributed by atoms with van der Waals surface area (Å²) in [6.07, 6.45) is 1.80. The summed E-state index contributed by atoms with van der Waals surface area (Å²) in [7, 11) is 0. The number of hydrogen-bond donors (Lipinski definition) is 1. The average Bonchev–Trinajstić information content (AvgIpc) is 3.33. The van der Waals surface area contributed by atoms with Crippen molar-refractivity contribution in [2.24, 2.45) is 0 Å². The molecule has 0 saturated carbocycles. The summed E-state index contributed by atoms with van der Waals surface area (Å²) >= 11 is 2.97. The van der Waals surface area contributed by atoms with Crippen molar-refractivity contribution in [3.8, 4) is 10.7 Å². The van der Waals surface area contributed by atoms with E-state index in [1.807, 2.05) is 43.5 Å². The molecule has 1 amide bonds. The number of aromatic nitrogens is 4. The van der Waals surface area contributed by atoms with Gasteiger partial charge in [-0.2, -0.15) is 5.10 Å². The number of rotatable bonds is 4. The maximum atomic E-state index is 12.3. The van der Waals surface area contributed by atoms with E-state index in [1.54, 1.807) is 28.3 Å². The van der Waals surface area contributed by atoms with Crippen LogP contribution in [0.4, 0.5) is 5.13 Å². The number of carbonyl (C=O) groups excluding carboxylic acids is 1. The predicted octanol–water partition coefficient (Wildman–Crippen LogP) is 4.45. The van der Waals surface area contributed by atoms with Gasteiger partial charge >= 0.3 is 0 Å². The molecule has 4 rings (SSSR count). The van der Waals surface area contributed by atoms with Crippen molar-refractivity contribution in [2.75, 3.05) is 5.32 Å². The molecule has 8 heteroatoms. The lowest BCUT2D eigenvalue weighted by atomic mass is 10.3. The summed E-state index contributed by atoms with van der Waals surface area (Å²) in [5, 5.41) is 10.4. The predicted molar refractivity (Wildman–Crippen MR) is 101 cm³/mol. The van der Waals surface area contributed by atoms with E-state index in [9.17, 15) is 4.79 Å². The number of carbonyl (C=O) groups is 1. The molecular weight excluding hydrogens is 354 g/mol. The van der Waals surface area contributed by atoms with Crippen LogP contribution in [-0.2, 0) is 0 Å². The van der Waals surface area contributed by atoms with E-state index in [2.05, 4.69) is 20.4 Å². The van der Waals surface area contributed by atoms with Gasteiger partial charge in [0.2, 0.25) is 0 Å². The van der Waals surface area contributed by atoms with Crippen LogP contribution in [0.25, 0.3) is 20.9 Å². The highest BCUT2D eigenvalue weighted by molar-refractivity contribution is 7.22. The maximum Gasteiger partial charge on any atom is 0.277 e. The third-order valence-electron chi connectivity index (χ3n) is 3.61. The van der Waals surface area contributed by atoms with Gasteiger partial charge in [-0.25, -0.2) is 9.97 Å². The Balaban J connectivity index is 1.53. The SMILES string of the molecule is CC(C)n1ccc(C(=O)Nc2nc(-c3nc4ccccc4s3)cs2)n1. The van der Waals surface area contributed by atoms with Gasteiger partial charge in [-0.05, 0) is 32.0 Å². The largest absolute Gasteiger partial charge is 0.296 e. The first-order valence-electron chi connectivity index (χ1n) is 7.78. The number of thiazole rings is 2. The lowest BCUT2D eigenvalue weighted by molar-refractivity contribution is 0.102. The zero-order valence-corrected chi connectivity index (χ0v) is 15.3. The summed E-state index contributed by atoms with van der Waals surface area (Å²) in [5.41, 5.74) is 2.11. The van der Waals surface area contributed by atoms with Crippen LogP contribution >= 0.6 is 22.7 Å². The second-order valence-electron chi connectivity index (χ2n) is 5.75. The molecule has 4 aromatic rings. The molecule has 0 radical (unpaired) electrons. The minimum atomic E-state index is -0.260. The van der Waals surface area contributed by atoms with Gasteiger partial charge < -0.3 is 0 Å². The Kier molecular flexibility index (Phi) is 4.06. The van der Waals surface area contributed by atoms with E-state index in [4.69, 9.17) is 0 Å². The van der Waals surface area contributed by atoms with Gasteiger partial charge in [0, 0.05) is 17.6 Å². The highest BCUT2D eigenvalue weighted by atomic mass is 32.1. The van der Waals surface area contributed by atoms with Crippen LogP contribution < -0.4 is 5.32 Å². The van der Waals surface area contributed by atoms with E-state index in [0.29, 0.717) is 10.8 Å². The van der Waals surface area contributed by atoms with Gasteiger partial charge in [0.25, 0.3) is 5.91 Å². The Labute approximate surface area is 152 Å². The molecule has 3 heterocycles. The van der Waals surface area contributed by atoms with Gasteiger partial charge in [-0.15, -0.1) is 22.7 Å². The smallest absolute Gasteiger partial charge is 0.277 e. The van der Waals surface area contributed by atoms with E-state index in [1.165, 1.54) is 11.3 Å². The third-order valence-corrected chi connectivity index (χ3v) is 5.42. The van der Waals surface area contributed by atoms with Crippen LogP contribution in [0.3, 0.4) is 0 Å². The first-order chi connectivity index (χ1) is 12.1. The molecule has 0 saturated heterocycles. The lowest BCUT2D eigenvalue weighted by Crippen LogP contribution is -2.13. The molecule has 0 aliphatic carbocycles. The summed E-state index contributed by atoms with van der Waals surface area (Å²) < 4.78 is 2.87. The molecule has 6 nitrogen and oxygen atoms in total. The van der Waals surface area contributed by atoms with Crippen molar-refractivity contribution in [1.29, 1.82) is 0 Å². The number of fused-ring (bicyclic) bond motifs is 1. The zero-order valence-electron chi connectivity index (χ0n) is 13.6. The zero-order chi connectivity index (χ0) is 17.4. The van der Waals surface area contributed by atoms with Crippen molar-refractivity contribution >= 4 is 43.9 Å². The second-order valence-corrected chi connectivity index (χ2v) is 7.64. The Morgan fingerprint density at radius 1 is 1.20 bits per heavy atom. The monoisotopic (exact) mass is 369 g/mol. The number of anilines is 1. The first kappa shape index (κ1) is 15.9. The Morgan fingerprint density at radius 2 is 2.04 bits per heavy atom. The van der Waals surface area contributed by atoms with Gasteiger partial charge in [-0.1, -0.05) is 12.1 Å². The van der Waals surface area contributed by atoms with E-state index >= 15 is 0 Å². The van der Waals surface area contributed by atoms with Crippen molar-refractivity contribution in [2.45, 2.75) is 19.9 Å². The van der Waals surface area contributed by atoms with E-state index in [0.717, 1.165) is 20.9 Å². The summed E-state index contributed by atoms with van der Waals surface area (Å²) in [6.45, 7) is 4.03. The van der Waals surface area contributed by atoms with Crippen LogP contribution in [0, 0.1) is 0 Å². The molecule has 126 valence electrons.